The van der Waals surface area contributed by atoms with Gasteiger partial charge in [0.15, 0.2) is 11.5 Å². The van der Waals surface area contributed by atoms with Gasteiger partial charge < -0.3 is 19.5 Å². The maximum atomic E-state index is 13.0. The lowest BCUT2D eigenvalue weighted by Crippen LogP contribution is -2.18. The van der Waals surface area contributed by atoms with E-state index in [4.69, 9.17) is 9.47 Å². The summed E-state index contributed by atoms with van der Waals surface area (Å²) in [4.78, 5) is 12.3. The molecule has 2 heterocycles. The molecule has 0 radical (unpaired) electrons. The summed E-state index contributed by atoms with van der Waals surface area (Å²) >= 11 is 0. The molecular weight excluding hydrogens is 482 g/mol. The van der Waals surface area contributed by atoms with Gasteiger partial charge in [0, 0.05) is 17.6 Å². The van der Waals surface area contributed by atoms with Crippen LogP contribution in [-0.4, -0.2) is 40.6 Å². The highest BCUT2D eigenvalue weighted by Crippen LogP contribution is 2.38. The van der Waals surface area contributed by atoms with Gasteiger partial charge in [-0.3, -0.25) is 4.98 Å². The number of nitrogens with one attached hydrogen (secondary N) is 1. The minimum atomic E-state index is -4.96. The first-order valence-corrected chi connectivity index (χ1v) is 10.6. The monoisotopic (exact) mass is 502 g/mol. The summed E-state index contributed by atoms with van der Waals surface area (Å²) in [6, 6.07) is 4.11. The van der Waals surface area contributed by atoms with E-state index in [1.165, 1.54) is 13.0 Å². The lowest BCUT2D eigenvalue weighted by Gasteiger charge is -2.17. The van der Waals surface area contributed by atoms with Crippen molar-refractivity contribution in [3.05, 3.63) is 47.5 Å². The van der Waals surface area contributed by atoms with Crippen molar-refractivity contribution in [3.8, 4) is 11.5 Å². The summed E-state index contributed by atoms with van der Waals surface area (Å²) in [5.41, 5.74) is -0.640. The van der Waals surface area contributed by atoms with Gasteiger partial charge in [0.25, 0.3) is 0 Å². The van der Waals surface area contributed by atoms with Crippen LogP contribution in [0.2, 0.25) is 0 Å². The summed E-state index contributed by atoms with van der Waals surface area (Å²) in [6.07, 6.45) is -6.43. The van der Waals surface area contributed by atoms with E-state index in [-0.39, 0.29) is 59.9 Å². The highest BCUT2D eigenvalue weighted by molar-refractivity contribution is 5.91. The zero-order valence-electron chi connectivity index (χ0n) is 18.3. The number of anilines is 1. The van der Waals surface area contributed by atoms with Crippen LogP contribution in [0, 0.1) is 6.92 Å². The number of halogens is 6. The number of aromatic nitrogens is 3. The first kappa shape index (κ1) is 24.8. The third-order valence-corrected chi connectivity index (χ3v) is 4.90. The van der Waals surface area contributed by atoms with E-state index in [9.17, 15) is 26.3 Å². The number of aryl methyl sites for hydroxylation is 1. The molecule has 0 saturated heterocycles. The fourth-order valence-electron chi connectivity index (χ4n) is 3.23. The second-order valence-corrected chi connectivity index (χ2v) is 7.79. The van der Waals surface area contributed by atoms with Crippen LogP contribution < -0.4 is 14.8 Å². The van der Waals surface area contributed by atoms with Crippen LogP contribution in [0.15, 0.2) is 30.5 Å². The number of nitrogens with zero attached hydrogens (tertiary/aromatic N) is 3. The molecule has 188 valence electrons. The van der Waals surface area contributed by atoms with Gasteiger partial charge >= 0.3 is 12.5 Å². The topological polar surface area (TPSA) is 78.4 Å². The van der Waals surface area contributed by atoms with Crippen molar-refractivity contribution in [2.45, 2.75) is 45.0 Å². The Balaban J connectivity index is 1.61. The lowest BCUT2D eigenvalue weighted by atomic mass is 10.2. The van der Waals surface area contributed by atoms with Gasteiger partial charge in [-0.05, 0) is 38.0 Å². The SMILES string of the molecule is Cc1nc(NCc2cc(C(F)(F)F)ccn2)c2cc(OCCOC3CC3)c(OC(F)(F)F)cc2n1. The minimum absolute atomic E-state index is 0.0140. The van der Waals surface area contributed by atoms with Crippen LogP contribution in [0.3, 0.4) is 0 Å². The molecule has 1 N–H and O–H groups in total. The Morgan fingerprint density at radius 1 is 1.00 bits per heavy atom. The summed E-state index contributed by atoms with van der Waals surface area (Å²) < 4.78 is 92.9. The molecule has 0 spiro atoms. The molecule has 13 heteroatoms. The molecule has 0 atom stereocenters. The maximum absolute atomic E-state index is 13.0. The number of hydrogen-bond acceptors (Lipinski definition) is 7. The Hall–Kier alpha value is -3.35. The normalized spacial score (nSPS) is 14.3. The van der Waals surface area contributed by atoms with Gasteiger partial charge in [0.1, 0.15) is 18.2 Å². The Morgan fingerprint density at radius 3 is 2.46 bits per heavy atom. The number of fused-ring (bicyclic) bond motifs is 1. The molecule has 0 aliphatic heterocycles. The molecular formula is C22H20F6N4O3. The van der Waals surface area contributed by atoms with Gasteiger partial charge in [0.05, 0.1) is 36.0 Å². The summed E-state index contributed by atoms with van der Waals surface area (Å²) in [6.45, 7) is 1.57. The molecule has 1 aliphatic carbocycles. The van der Waals surface area contributed by atoms with Gasteiger partial charge in [-0.2, -0.15) is 13.2 Å². The molecule has 1 saturated carbocycles. The van der Waals surface area contributed by atoms with E-state index in [2.05, 4.69) is 25.0 Å². The highest BCUT2D eigenvalue weighted by Gasteiger charge is 2.33. The quantitative estimate of drug-likeness (QED) is 0.309. The van der Waals surface area contributed by atoms with E-state index in [0.29, 0.717) is 0 Å². The van der Waals surface area contributed by atoms with Crippen LogP contribution >= 0.6 is 0 Å². The van der Waals surface area contributed by atoms with Crippen LogP contribution in [0.4, 0.5) is 32.2 Å². The van der Waals surface area contributed by atoms with E-state index in [1.54, 1.807) is 0 Å². The third kappa shape index (κ3) is 6.84. The molecule has 1 aliphatic rings. The molecule has 3 aromatic rings. The standard InChI is InChI=1S/C22H20F6N4O3/c1-12-31-17-10-19(35-22(26,27)28)18(34-7-6-33-15-2-3-15)9-16(17)20(32-12)30-11-14-8-13(4-5-29-14)21(23,24)25/h4-5,8-10,15H,2-3,6-7,11H2,1H3,(H,30,31,32). The molecule has 0 bridgehead atoms. The maximum Gasteiger partial charge on any atom is 0.573 e. The van der Waals surface area contributed by atoms with Crippen molar-refractivity contribution < 1.29 is 40.6 Å². The molecule has 4 rings (SSSR count). The fourth-order valence-corrected chi connectivity index (χ4v) is 3.23. The molecule has 35 heavy (non-hydrogen) atoms. The average molecular weight is 502 g/mol. The van der Waals surface area contributed by atoms with E-state index in [1.807, 2.05) is 0 Å². The van der Waals surface area contributed by atoms with Gasteiger partial charge in [0.2, 0.25) is 0 Å². The van der Waals surface area contributed by atoms with Crippen molar-refractivity contribution in [1.82, 2.24) is 15.0 Å². The zero-order valence-corrected chi connectivity index (χ0v) is 18.3. The van der Waals surface area contributed by atoms with E-state index >= 15 is 0 Å². The Morgan fingerprint density at radius 2 is 1.77 bits per heavy atom. The molecule has 0 amide bonds. The van der Waals surface area contributed by atoms with Gasteiger partial charge in [-0.1, -0.05) is 0 Å². The number of rotatable bonds is 9. The van der Waals surface area contributed by atoms with Crippen molar-refractivity contribution in [3.63, 3.8) is 0 Å². The zero-order chi connectivity index (χ0) is 25.2. The first-order chi connectivity index (χ1) is 16.5. The number of alkyl halides is 6. The van der Waals surface area contributed by atoms with Crippen LogP contribution in [0.5, 0.6) is 11.5 Å². The lowest BCUT2D eigenvalue weighted by molar-refractivity contribution is -0.275. The smallest absolute Gasteiger partial charge is 0.487 e. The number of pyridine rings is 1. The average Bonchev–Trinajstić information content (AvgIpc) is 3.58. The first-order valence-electron chi connectivity index (χ1n) is 10.6. The highest BCUT2D eigenvalue weighted by atomic mass is 19.4. The van der Waals surface area contributed by atoms with E-state index < -0.39 is 23.9 Å². The van der Waals surface area contributed by atoms with Crippen molar-refractivity contribution in [2.24, 2.45) is 0 Å². The predicted octanol–water partition coefficient (Wildman–Crippen LogP) is 5.42. The van der Waals surface area contributed by atoms with Crippen molar-refractivity contribution >= 4 is 16.7 Å². The van der Waals surface area contributed by atoms with E-state index in [0.717, 1.165) is 37.2 Å². The molecule has 1 fully saturated rings. The van der Waals surface area contributed by atoms with Crippen LogP contribution in [0.1, 0.15) is 29.9 Å². The van der Waals surface area contributed by atoms with Crippen molar-refractivity contribution in [1.29, 1.82) is 0 Å². The van der Waals surface area contributed by atoms with Gasteiger partial charge in [-0.15, -0.1) is 13.2 Å². The second kappa shape index (κ2) is 9.72. The van der Waals surface area contributed by atoms with Crippen LogP contribution in [-0.2, 0) is 17.5 Å². The van der Waals surface area contributed by atoms with Crippen LogP contribution in [0.25, 0.3) is 10.9 Å². The second-order valence-electron chi connectivity index (χ2n) is 7.79. The largest absolute Gasteiger partial charge is 0.573 e. The summed E-state index contributed by atoms with van der Waals surface area (Å²) in [5, 5.41) is 3.17. The van der Waals surface area contributed by atoms with Gasteiger partial charge in [-0.25, -0.2) is 9.97 Å². The number of hydrogen-bond donors (Lipinski definition) is 1. The molecule has 1 aromatic carbocycles. The Kier molecular flexibility index (Phi) is 6.88. The summed E-state index contributed by atoms with van der Waals surface area (Å²) in [5.74, 6) is -0.382. The molecule has 2 aromatic heterocycles. The fraction of sp³-hybridized carbons (Fsp3) is 0.409. The summed E-state index contributed by atoms with van der Waals surface area (Å²) in [7, 11) is 0. The molecule has 0 unspecified atom stereocenters. The van der Waals surface area contributed by atoms with Crippen molar-refractivity contribution in [2.75, 3.05) is 18.5 Å². The number of ether oxygens (including phenoxy) is 3. The Bertz CT molecular complexity index is 1200. The minimum Gasteiger partial charge on any atom is -0.487 e. The third-order valence-electron chi connectivity index (χ3n) is 4.90. The predicted molar refractivity (Wildman–Crippen MR) is 112 cm³/mol. The Labute approximate surface area is 195 Å². The molecule has 7 nitrogen and oxygen atoms in total. The number of benzene rings is 1.